The number of hydrogen-bond donors (Lipinski definition) is 2. The van der Waals surface area contributed by atoms with Gasteiger partial charge in [-0.15, -0.1) is 4.28 Å². The molecule has 20 heteroatoms. The normalized spacial score (nSPS) is 21.0. The fraction of sp³-hybridized carbons (Fsp3) is 0.812. The standard InChI is InChI=1S/C32H53N5O14S/c1-10-46-27(40)32(8,9)18-47-52(44,45)51-37-22-11-12-23(36(17-22)29(37)42)25(38)33-21-13-15-35(16-14-21)30(43)49-20(4)48-26(39)24(19(2)3)34-28(41)50-31(5,6)7/h19-24H,10-18H2,1-9H3,(H,33,38)(H,34,41)/t20?,22-,23+,24+/m1/s1. The number of alkyl carbamates (subject to hydrolysis) is 1. The number of hydroxylamine groups is 2. The van der Waals surface area contributed by atoms with Gasteiger partial charge >= 0.3 is 40.6 Å². The average Bonchev–Trinajstić information content (AvgIpc) is 3.25. The number of likely N-dealkylation sites (tertiary alicyclic amines) is 1. The Hall–Kier alpha value is -3.91. The predicted molar refractivity (Wildman–Crippen MR) is 180 cm³/mol. The molecule has 52 heavy (non-hydrogen) atoms. The Morgan fingerprint density at radius 1 is 0.942 bits per heavy atom. The second-order valence-electron chi connectivity index (χ2n) is 14.9. The zero-order chi connectivity index (χ0) is 39.2. The van der Waals surface area contributed by atoms with E-state index in [0.717, 1.165) is 0 Å². The maximum Gasteiger partial charge on any atom is 0.421 e. The lowest BCUT2D eigenvalue weighted by atomic mass is 9.95. The molecular formula is C32H53N5O14S. The Morgan fingerprint density at radius 3 is 2.15 bits per heavy atom. The summed E-state index contributed by atoms with van der Waals surface area (Å²) in [7, 11) is -4.74. The number of rotatable bonds is 14. The summed E-state index contributed by atoms with van der Waals surface area (Å²) >= 11 is 0. The Labute approximate surface area is 304 Å². The minimum absolute atomic E-state index is 0.0583. The van der Waals surface area contributed by atoms with Gasteiger partial charge < -0.3 is 39.4 Å². The van der Waals surface area contributed by atoms with Crippen LogP contribution in [0.4, 0.5) is 14.4 Å². The van der Waals surface area contributed by atoms with Gasteiger partial charge in [0, 0.05) is 32.6 Å². The van der Waals surface area contributed by atoms with E-state index < -0.39 is 88.5 Å². The first-order chi connectivity index (χ1) is 24.0. The summed E-state index contributed by atoms with van der Waals surface area (Å²) in [5.74, 6) is -2.23. The SMILES string of the molecule is CCOC(=O)C(C)(C)COS(=O)(=O)ON1C(=O)N2C[C@H]1CC[C@H]2C(=O)NC1CCN(C(=O)OC(C)OC(=O)[C@@H](NC(=O)OC(C)(C)C)C(C)C)CC1. The smallest absolute Gasteiger partial charge is 0.421 e. The molecule has 3 saturated heterocycles. The third-order valence-electron chi connectivity index (χ3n) is 8.43. The van der Waals surface area contributed by atoms with Crippen molar-refractivity contribution in [3.63, 3.8) is 0 Å². The first-order valence-corrected chi connectivity index (χ1v) is 18.7. The van der Waals surface area contributed by atoms with Crippen molar-refractivity contribution in [1.82, 2.24) is 25.5 Å². The average molecular weight is 764 g/mol. The van der Waals surface area contributed by atoms with Crippen LogP contribution in [0.2, 0.25) is 0 Å². The van der Waals surface area contributed by atoms with E-state index >= 15 is 0 Å². The van der Waals surface area contributed by atoms with Crippen LogP contribution in [-0.2, 0) is 52.2 Å². The summed E-state index contributed by atoms with van der Waals surface area (Å²) in [6.45, 7) is 14.4. The zero-order valence-corrected chi connectivity index (χ0v) is 32.1. The van der Waals surface area contributed by atoms with Crippen LogP contribution in [-0.4, -0.2) is 128 Å². The summed E-state index contributed by atoms with van der Waals surface area (Å²) in [4.78, 5) is 78.9. The molecule has 3 fully saturated rings. The second-order valence-corrected chi connectivity index (χ2v) is 16.1. The molecule has 3 heterocycles. The molecular weight excluding hydrogens is 710 g/mol. The molecule has 0 radical (unpaired) electrons. The Balaban J connectivity index is 1.45. The van der Waals surface area contributed by atoms with Crippen molar-refractivity contribution in [1.29, 1.82) is 0 Å². The number of nitrogens with one attached hydrogen (secondary N) is 2. The van der Waals surface area contributed by atoms with Crippen LogP contribution < -0.4 is 10.6 Å². The molecule has 0 aromatic rings. The third kappa shape index (κ3) is 11.8. The van der Waals surface area contributed by atoms with Gasteiger partial charge in [0.1, 0.15) is 17.7 Å². The van der Waals surface area contributed by atoms with Crippen molar-refractivity contribution in [2.45, 2.75) is 124 Å². The van der Waals surface area contributed by atoms with E-state index in [-0.39, 0.29) is 51.0 Å². The summed E-state index contributed by atoms with van der Waals surface area (Å²) in [6.07, 6.45) is -1.48. The predicted octanol–water partition coefficient (Wildman–Crippen LogP) is 2.19. The maximum atomic E-state index is 13.3. The number of hydrogen-bond acceptors (Lipinski definition) is 14. The number of ether oxygens (including phenoxy) is 4. The maximum absolute atomic E-state index is 13.3. The topological polar surface area (TPSA) is 226 Å². The van der Waals surface area contributed by atoms with E-state index in [2.05, 4.69) is 10.6 Å². The summed E-state index contributed by atoms with van der Waals surface area (Å²) in [6, 6.07) is -3.69. The molecule has 296 valence electrons. The molecule has 1 unspecified atom stereocenters. The highest BCUT2D eigenvalue weighted by molar-refractivity contribution is 7.81. The number of urea groups is 1. The van der Waals surface area contributed by atoms with Gasteiger partial charge in [0.25, 0.3) is 0 Å². The molecule has 3 aliphatic rings. The van der Waals surface area contributed by atoms with Crippen molar-refractivity contribution in [2.75, 3.05) is 32.8 Å². The highest BCUT2D eigenvalue weighted by Gasteiger charge is 2.50. The van der Waals surface area contributed by atoms with Gasteiger partial charge in [0.05, 0.1) is 24.7 Å². The fourth-order valence-electron chi connectivity index (χ4n) is 5.64. The molecule has 19 nitrogen and oxygen atoms in total. The van der Waals surface area contributed by atoms with Crippen LogP contribution in [0.3, 0.4) is 0 Å². The number of esters is 2. The van der Waals surface area contributed by atoms with Gasteiger partial charge in [0.15, 0.2) is 0 Å². The Morgan fingerprint density at radius 2 is 1.58 bits per heavy atom. The number of carbonyl (C=O) groups is 6. The zero-order valence-electron chi connectivity index (χ0n) is 31.3. The van der Waals surface area contributed by atoms with Gasteiger partial charge in [-0.05, 0) is 73.1 Å². The number of piperidine rings is 2. The number of fused-ring (bicyclic) bond motifs is 2. The van der Waals surface area contributed by atoms with Crippen molar-refractivity contribution >= 4 is 46.5 Å². The quantitative estimate of drug-likeness (QED) is 0.147. The minimum Gasteiger partial charge on any atom is -0.466 e. The largest absolute Gasteiger partial charge is 0.466 e. The van der Waals surface area contributed by atoms with Crippen LogP contribution in [0.5, 0.6) is 0 Å². The lowest BCUT2D eigenvalue weighted by molar-refractivity contribution is -0.170. The number of carbonyl (C=O) groups excluding carboxylic acids is 6. The molecule has 3 aliphatic heterocycles. The summed E-state index contributed by atoms with van der Waals surface area (Å²) < 4.78 is 55.7. The first kappa shape index (κ1) is 42.5. The van der Waals surface area contributed by atoms with Crippen molar-refractivity contribution in [3.8, 4) is 0 Å². The Bertz CT molecular complexity index is 1440. The van der Waals surface area contributed by atoms with Gasteiger partial charge in [-0.1, -0.05) is 13.8 Å². The fourth-order valence-corrected chi connectivity index (χ4v) is 6.51. The Kier molecular flexibility index (Phi) is 14.1. The van der Waals surface area contributed by atoms with Crippen LogP contribution in [0.1, 0.15) is 88.0 Å². The van der Waals surface area contributed by atoms with Crippen LogP contribution in [0.25, 0.3) is 0 Å². The lowest BCUT2D eigenvalue weighted by Gasteiger charge is -2.35. The van der Waals surface area contributed by atoms with Crippen LogP contribution in [0, 0.1) is 11.3 Å². The molecule has 3 rings (SSSR count). The monoisotopic (exact) mass is 763 g/mol. The van der Waals surface area contributed by atoms with Gasteiger partial charge in [-0.3, -0.25) is 9.59 Å². The molecule has 0 aliphatic carbocycles. The van der Waals surface area contributed by atoms with E-state index in [1.807, 2.05) is 0 Å². The van der Waals surface area contributed by atoms with E-state index in [4.69, 9.17) is 27.4 Å². The number of nitrogens with zero attached hydrogens (tertiary/aromatic N) is 3. The van der Waals surface area contributed by atoms with Gasteiger partial charge in [-0.2, -0.15) is 13.5 Å². The highest BCUT2D eigenvalue weighted by atomic mass is 32.3. The lowest BCUT2D eigenvalue weighted by Crippen LogP contribution is -2.54. The molecule has 0 spiro atoms. The summed E-state index contributed by atoms with van der Waals surface area (Å²) in [5, 5.41) is 6.09. The second kappa shape index (κ2) is 17.3. The van der Waals surface area contributed by atoms with Crippen LogP contribution >= 0.6 is 0 Å². The van der Waals surface area contributed by atoms with E-state index in [1.54, 1.807) is 41.5 Å². The molecule has 5 amide bonds. The molecule has 0 aromatic heterocycles. The van der Waals surface area contributed by atoms with Crippen molar-refractivity contribution in [3.05, 3.63) is 0 Å². The van der Waals surface area contributed by atoms with E-state index in [0.29, 0.717) is 17.9 Å². The summed E-state index contributed by atoms with van der Waals surface area (Å²) in [5.41, 5.74) is -2.07. The molecule has 2 N–H and O–H groups in total. The van der Waals surface area contributed by atoms with E-state index in [9.17, 15) is 37.2 Å². The highest BCUT2D eigenvalue weighted by Crippen LogP contribution is 2.32. The molecule has 0 aromatic carbocycles. The minimum atomic E-state index is -4.74. The van der Waals surface area contributed by atoms with Gasteiger partial charge in [0.2, 0.25) is 12.2 Å². The van der Waals surface area contributed by atoms with Crippen molar-refractivity contribution < 1.29 is 64.6 Å². The van der Waals surface area contributed by atoms with Gasteiger partial charge in [-0.25, -0.2) is 23.4 Å². The van der Waals surface area contributed by atoms with Crippen molar-refractivity contribution in [2.24, 2.45) is 11.3 Å². The molecule has 4 atom stereocenters. The molecule has 2 bridgehead atoms. The number of amides is 5. The van der Waals surface area contributed by atoms with Crippen LogP contribution in [0.15, 0.2) is 0 Å². The molecule has 0 saturated carbocycles. The first-order valence-electron chi connectivity index (χ1n) is 17.4. The van der Waals surface area contributed by atoms with E-state index in [1.165, 1.54) is 30.6 Å². The third-order valence-corrected chi connectivity index (χ3v) is 9.18.